The first-order valence-electron chi connectivity index (χ1n) is 12.9. The molecule has 3 aliphatic rings. The van der Waals surface area contributed by atoms with Crippen LogP contribution < -0.4 is 0 Å². The number of ketones is 5. The van der Waals surface area contributed by atoms with Crippen molar-refractivity contribution < 1.29 is 34.2 Å². The van der Waals surface area contributed by atoms with Crippen molar-refractivity contribution >= 4 is 28.9 Å². The van der Waals surface area contributed by atoms with Crippen LogP contribution in [0, 0.1) is 34.5 Å². The molecule has 1 aromatic rings. The molecule has 3 aliphatic carbocycles. The molecule has 2 saturated carbocycles. The minimum atomic E-state index is -2.66. The lowest BCUT2D eigenvalue weighted by Gasteiger charge is -2.62. The molecule has 0 saturated heterocycles. The van der Waals surface area contributed by atoms with Gasteiger partial charge in [0.25, 0.3) is 0 Å². The van der Waals surface area contributed by atoms with E-state index in [2.05, 4.69) is 0 Å². The first-order valence-corrected chi connectivity index (χ1v) is 12.9. The summed E-state index contributed by atoms with van der Waals surface area (Å²) < 4.78 is 0. The lowest BCUT2D eigenvalue weighted by molar-refractivity contribution is -0.205. The fourth-order valence-corrected chi connectivity index (χ4v) is 7.92. The van der Waals surface area contributed by atoms with Crippen LogP contribution in [0.5, 0.6) is 5.75 Å². The molecule has 0 aliphatic heterocycles. The maximum Gasteiger partial charge on any atom is 0.190 e. The van der Waals surface area contributed by atoms with Crippen molar-refractivity contribution in [1.82, 2.24) is 0 Å². The Hall–Kier alpha value is -2.67. The Labute approximate surface area is 211 Å². The van der Waals surface area contributed by atoms with Gasteiger partial charge in [0, 0.05) is 11.3 Å². The van der Waals surface area contributed by atoms with E-state index in [9.17, 15) is 34.2 Å². The van der Waals surface area contributed by atoms with Crippen LogP contribution in [0.3, 0.4) is 0 Å². The fourth-order valence-electron chi connectivity index (χ4n) is 7.92. The number of rotatable bonds is 4. The highest BCUT2D eigenvalue weighted by molar-refractivity contribution is 6.32. The highest BCUT2D eigenvalue weighted by Gasteiger charge is 2.76. The maximum absolute atomic E-state index is 14.2. The first kappa shape index (κ1) is 26.4. The van der Waals surface area contributed by atoms with E-state index in [1.807, 2.05) is 19.9 Å². The van der Waals surface area contributed by atoms with Crippen LogP contribution in [0.1, 0.15) is 81.9 Å². The van der Waals surface area contributed by atoms with Crippen LogP contribution >= 0.6 is 0 Å². The van der Waals surface area contributed by atoms with Crippen LogP contribution in [0.4, 0.5) is 0 Å². The number of aromatic hydroxyl groups is 1. The van der Waals surface area contributed by atoms with Crippen molar-refractivity contribution in [2.45, 2.75) is 79.8 Å². The van der Waals surface area contributed by atoms with Crippen molar-refractivity contribution in [3.8, 4) is 5.75 Å². The summed E-state index contributed by atoms with van der Waals surface area (Å²) in [5.74, 6) is -8.50. The Morgan fingerprint density at radius 3 is 2.14 bits per heavy atom. The summed E-state index contributed by atoms with van der Waals surface area (Å²) >= 11 is 0. The second kappa shape index (κ2) is 8.17. The summed E-state index contributed by atoms with van der Waals surface area (Å²) in [6.45, 7) is 11.9. The SMILES string of the molecule is CCc1cc(CC)c2c(c1O)C(=O)C1C(=O)[C@@]3(O)C(=O)C(C(C)=O)C(=O)C(C(C)C)[C@@]3(C)C[C@@]1(C)C2. The molecule has 36 heavy (non-hydrogen) atoms. The van der Waals surface area contributed by atoms with Gasteiger partial charge in [-0.2, -0.15) is 0 Å². The van der Waals surface area contributed by atoms with Crippen molar-refractivity contribution in [2.24, 2.45) is 34.5 Å². The average molecular weight is 497 g/mol. The largest absolute Gasteiger partial charge is 0.507 e. The molecule has 0 amide bonds. The van der Waals surface area contributed by atoms with Gasteiger partial charge < -0.3 is 10.2 Å². The maximum atomic E-state index is 14.2. The zero-order valence-corrected chi connectivity index (χ0v) is 22.2. The van der Waals surface area contributed by atoms with E-state index in [0.717, 1.165) is 12.5 Å². The van der Waals surface area contributed by atoms with Crippen molar-refractivity contribution in [3.63, 3.8) is 0 Å². The third kappa shape index (κ3) is 3.04. The van der Waals surface area contributed by atoms with Crippen molar-refractivity contribution in [2.75, 3.05) is 0 Å². The van der Waals surface area contributed by atoms with Gasteiger partial charge in [-0.1, -0.05) is 47.6 Å². The molecule has 194 valence electrons. The van der Waals surface area contributed by atoms with Gasteiger partial charge in [0.2, 0.25) is 0 Å². The molecule has 4 rings (SSSR count). The van der Waals surface area contributed by atoms with E-state index in [1.165, 1.54) is 0 Å². The highest BCUT2D eigenvalue weighted by Crippen LogP contribution is 2.64. The molecule has 0 spiro atoms. The van der Waals surface area contributed by atoms with Crippen LogP contribution in [-0.2, 0) is 38.4 Å². The number of carbonyl (C=O) groups excluding carboxylic acids is 5. The number of carbonyl (C=O) groups is 5. The molecule has 0 heterocycles. The van der Waals surface area contributed by atoms with Gasteiger partial charge in [-0.15, -0.1) is 0 Å². The highest BCUT2D eigenvalue weighted by atomic mass is 16.3. The number of aryl methyl sites for hydroxylation is 2. The Kier molecular flexibility index (Phi) is 5.99. The smallest absolute Gasteiger partial charge is 0.190 e. The van der Waals surface area contributed by atoms with Gasteiger partial charge in [-0.3, -0.25) is 24.0 Å². The van der Waals surface area contributed by atoms with Gasteiger partial charge in [0.1, 0.15) is 17.5 Å². The van der Waals surface area contributed by atoms with Gasteiger partial charge in [0.05, 0.1) is 11.5 Å². The van der Waals surface area contributed by atoms with E-state index in [1.54, 1.807) is 27.7 Å². The zero-order chi connectivity index (χ0) is 27.1. The predicted octanol–water partition coefficient (Wildman–Crippen LogP) is 3.22. The van der Waals surface area contributed by atoms with Crippen molar-refractivity contribution in [3.05, 3.63) is 28.3 Å². The van der Waals surface area contributed by atoms with E-state index < -0.39 is 63.1 Å². The van der Waals surface area contributed by atoms with Crippen LogP contribution in [0.2, 0.25) is 0 Å². The summed E-state index contributed by atoms with van der Waals surface area (Å²) in [5.41, 5.74) is -2.83. The molecule has 0 bridgehead atoms. The number of Topliss-reactive ketones (excluding diaryl/α,β-unsaturated/α-hetero) is 5. The number of fused-ring (bicyclic) bond motifs is 3. The third-order valence-electron chi connectivity index (χ3n) is 9.31. The number of hydrogen-bond donors (Lipinski definition) is 2. The van der Waals surface area contributed by atoms with Gasteiger partial charge in [-0.05, 0) is 60.6 Å². The number of phenolic OH excluding ortho intramolecular Hbond substituents is 1. The molecule has 0 radical (unpaired) electrons. The summed E-state index contributed by atoms with van der Waals surface area (Å²) in [6, 6.07) is 1.90. The number of aliphatic hydroxyl groups is 1. The third-order valence-corrected chi connectivity index (χ3v) is 9.31. The zero-order valence-electron chi connectivity index (χ0n) is 22.2. The Balaban J connectivity index is 2.00. The van der Waals surface area contributed by atoms with Gasteiger partial charge in [0.15, 0.2) is 28.7 Å². The Morgan fingerprint density at radius 2 is 1.64 bits per heavy atom. The molecule has 0 aromatic heterocycles. The van der Waals surface area contributed by atoms with Crippen LogP contribution in [-0.4, -0.2) is 44.7 Å². The molecule has 2 fully saturated rings. The minimum Gasteiger partial charge on any atom is -0.507 e. The lowest BCUT2D eigenvalue weighted by Crippen LogP contribution is -2.76. The molecule has 6 atom stereocenters. The Bertz CT molecular complexity index is 1230. The van der Waals surface area contributed by atoms with E-state index in [4.69, 9.17) is 0 Å². The van der Waals surface area contributed by atoms with E-state index >= 15 is 0 Å². The average Bonchev–Trinajstić information content (AvgIpc) is 2.76. The van der Waals surface area contributed by atoms with E-state index in [0.29, 0.717) is 30.4 Å². The quantitative estimate of drug-likeness (QED) is 0.613. The van der Waals surface area contributed by atoms with Crippen LogP contribution in [0.25, 0.3) is 0 Å². The molecule has 2 N–H and O–H groups in total. The number of benzene rings is 1. The second-order valence-electron chi connectivity index (χ2n) is 11.9. The topological polar surface area (TPSA) is 126 Å². The predicted molar refractivity (Wildman–Crippen MR) is 132 cm³/mol. The first-order chi connectivity index (χ1) is 16.6. The summed E-state index contributed by atoms with van der Waals surface area (Å²) in [6.07, 6.45) is 1.49. The molecule has 7 heteroatoms. The van der Waals surface area contributed by atoms with Crippen molar-refractivity contribution in [1.29, 1.82) is 0 Å². The Morgan fingerprint density at radius 1 is 1.06 bits per heavy atom. The number of hydrogen-bond acceptors (Lipinski definition) is 7. The lowest BCUT2D eigenvalue weighted by atomic mass is 9.39. The molecular weight excluding hydrogens is 460 g/mol. The summed E-state index contributed by atoms with van der Waals surface area (Å²) in [4.78, 5) is 67.8. The molecule has 3 unspecified atom stereocenters. The van der Waals surface area contributed by atoms with Crippen LogP contribution in [0.15, 0.2) is 6.07 Å². The molecular formula is C29H36O7. The summed E-state index contributed by atoms with van der Waals surface area (Å²) in [5, 5.41) is 23.0. The number of phenols is 1. The molecule has 7 nitrogen and oxygen atoms in total. The standard InChI is InChI=1S/C29H36O7/c1-8-15-10-16(9-2)22(31)19-17(15)11-27(6)12-28(7)20(13(3)4)23(32)18(14(5)30)25(34)29(28,36)26(35)21(27)24(19)33/h10,13,18,20-21,31,36H,8-9,11-12H2,1-7H3/t18?,20?,21?,27-,28-,29+/m1/s1. The second-order valence-corrected chi connectivity index (χ2v) is 11.9. The van der Waals surface area contributed by atoms with Gasteiger partial charge in [-0.25, -0.2) is 0 Å². The minimum absolute atomic E-state index is 0.0719. The normalized spacial score (nSPS) is 36.0. The monoisotopic (exact) mass is 496 g/mol. The summed E-state index contributed by atoms with van der Waals surface area (Å²) in [7, 11) is 0. The fraction of sp³-hybridized carbons (Fsp3) is 0.621. The van der Waals surface area contributed by atoms with E-state index in [-0.39, 0.29) is 23.7 Å². The molecule has 1 aromatic carbocycles. The van der Waals surface area contributed by atoms with Gasteiger partial charge >= 0.3 is 0 Å².